The third-order valence-electron chi connectivity index (χ3n) is 3.84. The first-order valence-corrected chi connectivity index (χ1v) is 8.25. The van der Waals surface area contributed by atoms with Crippen LogP contribution in [0.15, 0.2) is 11.0 Å². The molecular formula is C15H19N3O3S. The van der Waals surface area contributed by atoms with Gasteiger partial charge in [0.1, 0.15) is 5.56 Å². The summed E-state index contributed by atoms with van der Waals surface area (Å²) in [6, 6.07) is -0.158. The van der Waals surface area contributed by atoms with E-state index < -0.39 is 5.91 Å². The Morgan fingerprint density at radius 2 is 2.27 bits per heavy atom. The molecule has 0 saturated heterocycles. The Kier molecular flexibility index (Phi) is 4.26. The smallest absolute Gasteiger partial charge is 0.271 e. The molecule has 1 N–H and O–H groups in total. The number of nitrogens with zero attached hydrogens (tertiary/aromatic N) is 2. The third-order valence-corrected chi connectivity index (χ3v) is 5.00. The zero-order valence-electron chi connectivity index (χ0n) is 12.7. The van der Waals surface area contributed by atoms with Crippen LogP contribution in [0.25, 0.3) is 4.96 Å². The van der Waals surface area contributed by atoms with Crippen molar-refractivity contribution in [2.24, 2.45) is 0 Å². The van der Waals surface area contributed by atoms with E-state index in [4.69, 9.17) is 4.74 Å². The fourth-order valence-corrected chi connectivity index (χ4v) is 3.99. The summed E-state index contributed by atoms with van der Waals surface area (Å²) in [6.45, 7) is 2.23. The number of methoxy groups -OCH3 is 1. The number of hydrogen-bond donors (Lipinski definition) is 1. The summed E-state index contributed by atoms with van der Waals surface area (Å²) in [5.74, 6) is -0.396. The molecule has 22 heavy (non-hydrogen) atoms. The van der Waals surface area contributed by atoms with Gasteiger partial charge in [0.2, 0.25) is 0 Å². The molecule has 1 amide bonds. The van der Waals surface area contributed by atoms with Crippen molar-refractivity contribution >= 4 is 22.2 Å². The van der Waals surface area contributed by atoms with E-state index in [-0.39, 0.29) is 17.2 Å². The molecule has 0 radical (unpaired) electrons. The van der Waals surface area contributed by atoms with Gasteiger partial charge in [-0.2, -0.15) is 0 Å². The van der Waals surface area contributed by atoms with Gasteiger partial charge in [0, 0.05) is 29.9 Å². The maximum Gasteiger partial charge on any atom is 0.271 e. The summed E-state index contributed by atoms with van der Waals surface area (Å²) in [6.07, 6.45) is 5.48. The Hall–Kier alpha value is -1.73. The molecule has 1 atom stereocenters. The molecule has 0 saturated carbocycles. The Morgan fingerprint density at radius 1 is 1.50 bits per heavy atom. The van der Waals surface area contributed by atoms with Crippen LogP contribution < -0.4 is 10.9 Å². The van der Waals surface area contributed by atoms with E-state index in [0.717, 1.165) is 31.4 Å². The summed E-state index contributed by atoms with van der Waals surface area (Å²) in [5, 5.41) is 2.76. The number of rotatable bonds is 4. The first-order valence-electron chi connectivity index (χ1n) is 7.44. The fourth-order valence-electron chi connectivity index (χ4n) is 2.82. The lowest BCUT2D eigenvalue weighted by atomic mass is 10.0. The van der Waals surface area contributed by atoms with Crippen LogP contribution in [0.1, 0.15) is 40.7 Å². The van der Waals surface area contributed by atoms with Gasteiger partial charge >= 0.3 is 0 Å². The summed E-state index contributed by atoms with van der Waals surface area (Å²) in [5.41, 5.74) is 0.849. The average molecular weight is 321 g/mol. The number of amides is 1. The second-order valence-electron chi connectivity index (χ2n) is 5.60. The van der Waals surface area contributed by atoms with Gasteiger partial charge in [0.15, 0.2) is 4.96 Å². The van der Waals surface area contributed by atoms with E-state index in [1.807, 2.05) is 6.92 Å². The quantitative estimate of drug-likeness (QED) is 0.924. The first kappa shape index (κ1) is 15.2. The predicted octanol–water partition coefficient (Wildman–Crippen LogP) is 1.40. The second-order valence-corrected chi connectivity index (χ2v) is 6.67. The number of aryl methyl sites for hydroxylation is 2. The minimum absolute atomic E-state index is 0.0895. The van der Waals surface area contributed by atoms with Crippen LogP contribution in [0.5, 0.6) is 0 Å². The molecule has 3 rings (SSSR count). The van der Waals surface area contributed by atoms with Crippen molar-refractivity contribution in [1.29, 1.82) is 0 Å². The Balaban J connectivity index is 1.99. The molecule has 0 aromatic carbocycles. The number of fused-ring (bicyclic) bond motifs is 3. The van der Waals surface area contributed by atoms with Gasteiger partial charge in [-0.05, 0) is 32.6 Å². The van der Waals surface area contributed by atoms with Crippen molar-refractivity contribution in [3.05, 3.63) is 32.7 Å². The van der Waals surface area contributed by atoms with E-state index in [1.165, 1.54) is 11.1 Å². The molecule has 1 aliphatic carbocycles. The zero-order chi connectivity index (χ0) is 15.7. The molecule has 2 aromatic heterocycles. The number of carbonyl (C=O) groups is 1. The van der Waals surface area contributed by atoms with E-state index in [1.54, 1.807) is 22.8 Å². The molecule has 0 bridgehead atoms. The van der Waals surface area contributed by atoms with E-state index >= 15 is 0 Å². The van der Waals surface area contributed by atoms with Gasteiger partial charge in [-0.1, -0.05) is 0 Å². The van der Waals surface area contributed by atoms with Crippen LogP contribution in [-0.2, 0) is 17.6 Å². The van der Waals surface area contributed by atoms with Crippen LogP contribution in [0.2, 0.25) is 0 Å². The predicted molar refractivity (Wildman–Crippen MR) is 84.8 cm³/mol. The standard InChI is InChI=1S/C15H19N3O3S/c1-9(8-21-2)17-13(19)10-7-16-15-18(14(10)20)11-5-3-4-6-12(11)22-15/h7,9H,3-6,8H2,1-2H3,(H,17,19). The van der Waals surface area contributed by atoms with E-state index in [0.29, 0.717) is 11.6 Å². The zero-order valence-corrected chi connectivity index (χ0v) is 13.5. The number of nitrogens with one attached hydrogen (secondary N) is 1. The molecule has 0 aliphatic heterocycles. The topological polar surface area (TPSA) is 72.7 Å². The lowest BCUT2D eigenvalue weighted by molar-refractivity contribution is 0.0903. The third kappa shape index (κ3) is 2.66. The van der Waals surface area contributed by atoms with Gasteiger partial charge in [0.05, 0.1) is 6.61 Å². The van der Waals surface area contributed by atoms with Crippen LogP contribution in [0.3, 0.4) is 0 Å². The highest BCUT2D eigenvalue weighted by Gasteiger charge is 2.21. The SMILES string of the molecule is COCC(C)NC(=O)c1cnc2sc3c(n2c1=O)CCCC3. The molecule has 6 nitrogen and oxygen atoms in total. The molecule has 2 aromatic rings. The van der Waals surface area contributed by atoms with Crippen LogP contribution in [0.4, 0.5) is 0 Å². The lowest BCUT2D eigenvalue weighted by Gasteiger charge is -2.13. The van der Waals surface area contributed by atoms with E-state index in [2.05, 4.69) is 10.3 Å². The van der Waals surface area contributed by atoms with Crippen molar-refractivity contribution in [3.63, 3.8) is 0 Å². The minimum atomic E-state index is -0.396. The minimum Gasteiger partial charge on any atom is -0.383 e. The molecule has 1 aliphatic rings. The summed E-state index contributed by atoms with van der Waals surface area (Å²) >= 11 is 1.56. The van der Waals surface area contributed by atoms with Crippen molar-refractivity contribution in [3.8, 4) is 0 Å². The number of aromatic nitrogens is 2. The average Bonchev–Trinajstić information content (AvgIpc) is 2.86. The maximum absolute atomic E-state index is 12.7. The Bertz CT molecular complexity index is 765. The van der Waals surface area contributed by atoms with Gasteiger partial charge in [-0.3, -0.25) is 14.0 Å². The first-order chi connectivity index (χ1) is 10.6. The molecule has 118 valence electrons. The molecule has 7 heteroatoms. The summed E-state index contributed by atoms with van der Waals surface area (Å²) in [7, 11) is 1.57. The van der Waals surface area contributed by atoms with Crippen LogP contribution in [0, 0.1) is 0 Å². The molecule has 0 fully saturated rings. The van der Waals surface area contributed by atoms with Gasteiger partial charge in [-0.25, -0.2) is 4.98 Å². The highest BCUT2D eigenvalue weighted by molar-refractivity contribution is 7.17. The van der Waals surface area contributed by atoms with Crippen molar-refractivity contribution in [1.82, 2.24) is 14.7 Å². The van der Waals surface area contributed by atoms with Crippen LogP contribution in [-0.4, -0.2) is 35.1 Å². The van der Waals surface area contributed by atoms with Crippen molar-refractivity contribution < 1.29 is 9.53 Å². The number of hydrogen-bond acceptors (Lipinski definition) is 5. The molecular weight excluding hydrogens is 302 g/mol. The second kappa shape index (κ2) is 6.18. The van der Waals surface area contributed by atoms with Crippen molar-refractivity contribution in [2.45, 2.75) is 38.6 Å². The maximum atomic E-state index is 12.7. The molecule has 2 heterocycles. The van der Waals surface area contributed by atoms with E-state index in [9.17, 15) is 9.59 Å². The number of carbonyl (C=O) groups excluding carboxylic acids is 1. The summed E-state index contributed by atoms with van der Waals surface area (Å²) < 4.78 is 6.61. The highest BCUT2D eigenvalue weighted by atomic mass is 32.1. The Labute approximate surface area is 132 Å². The summed E-state index contributed by atoms with van der Waals surface area (Å²) in [4.78, 5) is 31.2. The number of ether oxygens (including phenoxy) is 1. The molecule has 0 spiro atoms. The van der Waals surface area contributed by atoms with Crippen molar-refractivity contribution in [2.75, 3.05) is 13.7 Å². The Morgan fingerprint density at radius 3 is 3.05 bits per heavy atom. The highest BCUT2D eigenvalue weighted by Crippen LogP contribution is 2.28. The fraction of sp³-hybridized carbons (Fsp3) is 0.533. The number of thiazole rings is 1. The lowest BCUT2D eigenvalue weighted by Crippen LogP contribution is -2.39. The monoisotopic (exact) mass is 321 g/mol. The normalized spacial score (nSPS) is 15.5. The van der Waals surface area contributed by atoms with Gasteiger partial charge in [0.25, 0.3) is 11.5 Å². The van der Waals surface area contributed by atoms with Gasteiger partial charge < -0.3 is 10.1 Å². The largest absolute Gasteiger partial charge is 0.383 e. The van der Waals surface area contributed by atoms with Gasteiger partial charge in [-0.15, -0.1) is 11.3 Å². The molecule has 1 unspecified atom stereocenters. The van der Waals surface area contributed by atoms with Crippen LogP contribution >= 0.6 is 11.3 Å².